The van der Waals surface area contributed by atoms with Crippen LogP contribution in [0.5, 0.6) is 11.5 Å². The molecule has 0 aliphatic carbocycles. The maximum Gasteiger partial charge on any atom is 0.239 e. The lowest BCUT2D eigenvalue weighted by atomic mass is 9.92. The number of hydrogen-bond donors (Lipinski definition) is 0. The molecule has 0 aromatic heterocycles. The Balaban J connectivity index is 1.78. The molecule has 0 spiro atoms. The number of carbonyl (C=O) groups excluding carboxylic acids is 1. The fourth-order valence-electron chi connectivity index (χ4n) is 3.74. The van der Waals surface area contributed by atoms with Gasteiger partial charge < -0.3 is 14.4 Å². The van der Waals surface area contributed by atoms with Crippen molar-refractivity contribution in [1.29, 1.82) is 0 Å². The minimum absolute atomic E-state index is 0.0479. The van der Waals surface area contributed by atoms with E-state index < -0.39 is 5.92 Å². The van der Waals surface area contributed by atoms with Crippen LogP contribution in [0.3, 0.4) is 0 Å². The third kappa shape index (κ3) is 3.54. The molecule has 1 aliphatic rings. The predicted molar refractivity (Wildman–Crippen MR) is 115 cm³/mol. The van der Waals surface area contributed by atoms with Crippen LogP contribution in [0.4, 0.5) is 5.69 Å². The zero-order valence-corrected chi connectivity index (χ0v) is 17.5. The number of anilines is 1. The Labute approximate surface area is 179 Å². The number of ether oxygens (including phenoxy) is 2. The lowest BCUT2D eigenvalue weighted by Gasteiger charge is -2.20. The summed E-state index contributed by atoms with van der Waals surface area (Å²) in [5, 5.41) is 1.14. The number of benzene rings is 3. The Morgan fingerprint density at radius 1 is 0.931 bits per heavy atom. The second-order valence-electron chi connectivity index (χ2n) is 6.76. The van der Waals surface area contributed by atoms with Gasteiger partial charge in [0, 0.05) is 27.4 Å². The molecular formula is C23H19Cl2NO3. The van der Waals surface area contributed by atoms with Crippen molar-refractivity contribution in [2.45, 2.75) is 12.5 Å². The molecule has 6 heteroatoms. The number of halogens is 2. The standard InChI is InChI=1S/C23H19Cl2NO3/c1-28-16-9-7-14(21(12-16)29-2)13-26-20-10-8-15(24)11-18(20)22(23(26)27)17-5-3-4-6-19(17)25/h3-12,22H,13H2,1-2H3. The van der Waals surface area contributed by atoms with Crippen molar-refractivity contribution in [2.24, 2.45) is 0 Å². The van der Waals surface area contributed by atoms with Gasteiger partial charge in [-0.1, -0.05) is 41.4 Å². The van der Waals surface area contributed by atoms with Crippen molar-refractivity contribution in [1.82, 2.24) is 0 Å². The molecule has 1 aliphatic heterocycles. The molecule has 1 amide bonds. The average molecular weight is 428 g/mol. The topological polar surface area (TPSA) is 38.8 Å². The summed E-state index contributed by atoms with van der Waals surface area (Å²) in [6, 6.07) is 18.5. The Morgan fingerprint density at radius 2 is 1.72 bits per heavy atom. The summed E-state index contributed by atoms with van der Waals surface area (Å²) in [6.45, 7) is 0.363. The minimum Gasteiger partial charge on any atom is -0.497 e. The minimum atomic E-state index is -0.498. The van der Waals surface area contributed by atoms with E-state index in [0.29, 0.717) is 28.1 Å². The van der Waals surface area contributed by atoms with Gasteiger partial charge in [-0.2, -0.15) is 0 Å². The molecule has 1 unspecified atom stereocenters. The van der Waals surface area contributed by atoms with Crippen molar-refractivity contribution in [3.63, 3.8) is 0 Å². The normalized spacial score (nSPS) is 15.4. The number of methoxy groups -OCH3 is 2. The van der Waals surface area contributed by atoms with Crippen molar-refractivity contribution in [3.8, 4) is 11.5 Å². The van der Waals surface area contributed by atoms with Gasteiger partial charge in [-0.25, -0.2) is 0 Å². The third-order valence-electron chi connectivity index (χ3n) is 5.14. The van der Waals surface area contributed by atoms with Crippen LogP contribution in [0.2, 0.25) is 10.0 Å². The Kier molecular flexibility index (Phi) is 5.39. The maximum atomic E-state index is 13.5. The molecule has 3 aromatic carbocycles. The second kappa shape index (κ2) is 7.97. The fourth-order valence-corrected chi connectivity index (χ4v) is 4.16. The zero-order chi connectivity index (χ0) is 20.5. The summed E-state index contributed by atoms with van der Waals surface area (Å²) in [5.41, 5.74) is 3.32. The number of hydrogen-bond acceptors (Lipinski definition) is 3. The summed E-state index contributed by atoms with van der Waals surface area (Å²) in [5.74, 6) is 0.809. The summed E-state index contributed by atoms with van der Waals surface area (Å²) >= 11 is 12.7. The summed E-state index contributed by atoms with van der Waals surface area (Å²) in [6.07, 6.45) is 0. The average Bonchev–Trinajstić information content (AvgIpc) is 2.99. The molecule has 4 rings (SSSR count). The number of fused-ring (bicyclic) bond motifs is 1. The molecule has 0 N–H and O–H groups in total. The molecule has 4 nitrogen and oxygen atoms in total. The Bertz CT molecular complexity index is 1080. The van der Waals surface area contributed by atoms with Gasteiger partial charge in [0.2, 0.25) is 5.91 Å². The Morgan fingerprint density at radius 3 is 2.45 bits per heavy atom. The van der Waals surface area contributed by atoms with Crippen LogP contribution < -0.4 is 14.4 Å². The number of nitrogens with zero attached hydrogens (tertiary/aromatic N) is 1. The predicted octanol–water partition coefficient (Wildman–Crippen LogP) is 5.69. The highest BCUT2D eigenvalue weighted by atomic mass is 35.5. The molecule has 29 heavy (non-hydrogen) atoms. The monoisotopic (exact) mass is 427 g/mol. The van der Waals surface area contributed by atoms with Gasteiger partial charge in [0.05, 0.1) is 26.7 Å². The Hall–Kier alpha value is -2.69. The molecule has 0 saturated heterocycles. The number of amides is 1. The van der Waals surface area contributed by atoms with Gasteiger partial charge in [0.1, 0.15) is 11.5 Å². The lowest BCUT2D eigenvalue weighted by molar-refractivity contribution is -0.118. The van der Waals surface area contributed by atoms with Crippen LogP contribution in [0, 0.1) is 0 Å². The van der Waals surface area contributed by atoms with Gasteiger partial charge in [-0.05, 0) is 47.5 Å². The SMILES string of the molecule is COc1ccc(CN2C(=O)C(c3ccccc3Cl)c3cc(Cl)ccc32)c(OC)c1. The molecule has 0 saturated carbocycles. The zero-order valence-electron chi connectivity index (χ0n) is 16.0. The van der Waals surface area contributed by atoms with E-state index >= 15 is 0 Å². The van der Waals surface area contributed by atoms with Crippen LogP contribution >= 0.6 is 23.2 Å². The molecule has 1 heterocycles. The molecule has 1 atom stereocenters. The van der Waals surface area contributed by atoms with E-state index in [1.807, 2.05) is 48.5 Å². The quantitative estimate of drug-likeness (QED) is 0.524. The highest BCUT2D eigenvalue weighted by molar-refractivity contribution is 6.32. The van der Waals surface area contributed by atoms with Gasteiger partial charge >= 0.3 is 0 Å². The van der Waals surface area contributed by atoms with Crippen molar-refractivity contribution in [3.05, 3.63) is 87.4 Å². The van der Waals surface area contributed by atoms with Gasteiger partial charge in [0.15, 0.2) is 0 Å². The highest BCUT2D eigenvalue weighted by Gasteiger charge is 2.39. The first-order chi connectivity index (χ1) is 14.0. The molecule has 0 fully saturated rings. The largest absolute Gasteiger partial charge is 0.497 e. The molecular weight excluding hydrogens is 409 g/mol. The maximum absolute atomic E-state index is 13.5. The van der Waals surface area contributed by atoms with Gasteiger partial charge in [-0.3, -0.25) is 4.79 Å². The van der Waals surface area contributed by atoms with E-state index in [-0.39, 0.29) is 5.91 Å². The van der Waals surface area contributed by atoms with Crippen LogP contribution in [-0.4, -0.2) is 20.1 Å². The van der Waals surface area contributed by atoms with Crippen molar-refractivity contribution in [2.75, 3.05) is 19.1 Å². The third-order valence-corrected chi connectivity index (χ3v) is 5.72. The lowest BCUT2D eigenvalue weighted by Crippen LogP contribution is -2.29. The molecule has 0 radical (unpaired) electrons. The van der Waals surface area contributed by atoms with Gasteiger partial charge in [-0.15, -0.1) is 0 Å². The van der Waals surface area contributed by atoms with Crippen LogP contribution in [-0.2, 0) is 11.3 Å². The number of carbonyl (C=O) groups is 1. The van der Waals surface area contributed by atoms with E-state index in [9.17, 15) is 4.79 Å². The first kappa shape index (κ1) is 19.6. The smallest absolute Gasteiger partial charge is 0.239 e. The van der Waals surface area contributed by atoms with E-state index in [2.05, 4.69) is 0 Å². The van der Waals surface area contributed by atoms with E-state index in [1.165, 1.54) is 0 Å². The van der Waals surface area contributed by atoms with Crippen LogP contribution in [0.1, 0.15) is 22.6 Å². The van der Waals surface area contributed by atoms with E-state index in [1.54, 1.807) is 31.3 Å². The second-order valence-corrected chi connectivity index (χ2v) is 7.60. The summed E-state index contributed by atoms with van der Waals surface area (Å²) in [4.78, 5) is 15.3. The van der Waals surface area contributed by atoms with Gasteiger partial charge in [0.25, 0.3) is 0 Å². The highest BCUT2D eigenvalue weighted by Crippen LogP contribution is 2.45. The first-order valence-electron chi connectivity index (χ1n) is 9.09. The number of rotatable bonds is 5. The molecule has 3 aromatic rings. The summed E-state index contributed by atoms with van der Waals surface area (Å²) < 4.78 is 10.8. The first-order valence-corrected chi connectivity index (χ1v) is 9.85. The molecule has 148 valence electrons. The molecule has 0 bridgehead atoms. The fraction of sp³-hybridized carbons (Fsp3) is 0.174. The van der Waals surface area contributed by atoms with Crippen molar-refractivity contribution >= 4 is 34.8 Å². The van der Waals surface area contributed by atoms with Crippen LogP contribution in [0.15, 0.2) is 60.7 Å². The van der Waals surface area contributed by atoms with Crippen LogP contribution in [0.25, 0.3) is 0 Å². The van der Waals surface area contributed by atoms with E-state index in [4.69, 9.17) is 32.7 Å². The van der Waals surface area contributed by atoms with E-state index in [0.717, 1.165) is 22.4 Å². The summed E-state index contributed by atoms with van der Waals surface area (Å²) in [7, 11) is 3.21. The van der Waals surface area contributed by atoms with Crippen molar-refractivity contribution < 1.29 is 14.3 Å².